The summed E-state index contributed by atoms with van der Waals surface area (Å²) < 4.78 is 30.3. The van der Waals surface area contributed by atoms with E-state index in [2.05, 4.69) is 11.9 Å². The number of unbranched alkanes of at least 4 members (excludes halogenated alkanes) is 1. The second-order valence-corrected chi connectivity index (χ2v) is 5.85. The number of hydrogen-bond donors (Lipinski definition) is 1. The van der Waals surface area contributed by atoms with Crippen LogP contribution >= 0.6 is 0 Å². The molecule has 0 rings (SSSR count). The van der Waals surface area contributed by atoms with Crippen molar-refractivity contribution in [3.8, 4) is 0 Å². The first kappa shape index (κ1) is 16.6. The topological polar surface area (TPSA) is 58.6 Å². The standard InChI is InChI=1S/C11H24N2O3S/c1-4-8-13(9-10-16-3)17(14,15)11-6-5-7-12-2/h4,12H,1,5-11H2,2-3H3. The minimum absolute atomic E-state index is 0.187. The van der Waals surface area contributed by atoms with Crippen LogP contribution in [-0.4, -0.2) is 58.9 Å². The van der Waals surface area contributed by atoms with Crippen LogP contribution in [0.4, 0.5) is 0 Å². The number of rotatable bonds is 11. The lowest BCUT2D eigenvalue weighted by Gasteiger charge is -2.20. The number of ether oxygens (including phenoxy) is 1. The van der Waals surface area contributed by atoms with Crippen LogP contribution in [0.1, 0.15) is 12.8 Å². The van der Waals surface area contributed by atoms with E-state index in [4.69, 9.17) is 4.74 Å². The van der Waals surface area contributed by atoms with Gasteiger partial charge in [0.15, 0.2) is 0 Å². The molecule has 6 heteroatoms. The lowest BCUT2D eigenvalue weighted by Crippen LogP contribution is -2.35. The van der Waals surface area contributed by atoms with E-state index in [1.807, 2.05) is 7.05 Å². The third-order valence-electron chi connectivity index (χ3n) is 2.35. The van der Waals surface area contributed by atoms with Gasteiger partial charge in [-0.2, -0.15) is 4.31 Å². The number of methoxy groups -OCH3 is 1. The lowest BCUT2D eigenvalue weighted by molar-refractivity contribution is 0.182. The summed E-state index contributed by atoms with van der Waals surface area (Å²) in [5.41, 5.74) is 0. The van der Waals surface area contributed by atoms with Crippen molar-refractivity contribution in [2.45, 2.75) is 12.8 Å². The molecule has 102 valence electrons. The SMILES string of the molecule is C=CCN(CCOC)S(=O)(=O)CCCCNC. The van der Waals surface area contributed by atoms with Crippen molar-refractivity contribution >= 4 is 10.0 Å². The van der Waals surface area contributed by atoms with Gasteiger partial charge in [-0.25, -0.2) is 8.42 Å². The molecule has 0 unspecified atom stereocenters. The molecule has 0 aromatic carbocycles. The number of sulfonamides is 1. The van der Waals surface area contributed by atoms with Crippen LogP contribution in [0.3, 0.4) is 0 Å². The Morgan fingerprint density at radius 3 is 2.65 bits per heavy atom. The molecule has 0 aliphatic heterocycles. The highest BCUT2D eigenvalue weighted by atomic mass is 32.2. The minimum Gasteiger partial charge on any atom is -0.383 e. The van der Waals surface area contributed by atoms with Crippen molar-refractivity contribution in [1.29, 1.82) is 0 Å². The Morgan fingerprint density at radius 1 is 1.41 bits per heavy atom. The zero-order valence-electron chi connectivity index (χ0n) is 10.8. The van der Waals surface area contributed by atoms with Gasteiger partial charge in [0.05, 0.1) is 12.4 Å². The molecule has 5 nitrogen and oxygen atoms in total. The van der Waals surface area contributed by atoms with Crippen molar-refractivity contribution < 1.29 is 13.2 Å². The lowest BCUT2D eigenvalue weighted by atomic mass is 10.3. The third-order valence-corrected chi connectivity index (χ3v) is 4.27. The first-order chi connectivity index (χ1) is 8.08. The van der Waals surface area contributed by atoms with Gasteiger partial charge in [0.2, 0.25) is 10.0 Å². The normalized spacial score (nSPS) is 11.9. The Balaban J connectivity index is 4.23. The van der Waals surface area contributed by atoms with E-state index in [0.29, 0.717) is 26.1 Å². The Hall–Kier alpha value is -0.430. The largest absolute Gasteiger partial charge is 0.383 e. The van der Waals surface area contributed by atoms with Gasteiger partial charge in [-0.15, -0.1) is 6.58 Å². The van der Waals surface area contributed by atoms with Crippen molar-refractivity contribution in [3.63, 3.8) is 0 Å². The summed E-state index contributed by atoms with van der Waals surface area (Å²) in [5.74, 6) is 0.187. The third kappa shape index (κ3) is 7.49. The number of nitrogens with one attached hydrogen (secondary N) is 1. The summed E-state index contributed by atoms with van der Waals surface area (Å²) in [6.45, 7) is 5.55. The Labute approximate surface area is 105 Å². The highest BCUT2D eigenvalue weighted by Gasteiger charge is 2.19. The van der Waals surface area contributed by atoms with E-state index in [1.165, 1.54) is 4.31 Å². The van der Waals surface area contributed by atoms with Crippen molar-refractivity contribution in [3.05, 3.63) is 12.7 Å². The summed E-state index contributed by atoms with van der Waals surface area (Å²) in [6.07, 6.45) is 3.13. The van der Waals surface area contributed by atoms with Gasteiger partial charge < -0.3 is 10.1 Å². The van der Waals surface area contributed by atoms with E-state index < -0.39 is 10.0 Å². The molecule has 0 radical (unpaired) electrons. The summed E-state index contributed by atoms with van der Waals surface area (Å²) in [6, 6.07) is 0. The molecule has 0 aromatic rings. The van der Waals surface area contributed by atoms with E-state index in [9.17, 15) is 8.42 Å². The zero-order valence-corrected chi connectivity index (χ0v) is 11.6. The predicted molar refractivity (Wildman–Crippen MR) is 70.6 cm³/mol. The molecule has 17 heavy (non-hydrogen) atoms. The predicted octanol–water partition coefficient (Wildman–Crippen LogP) is 0.450. The maximum absolute atomic E-state index is 12.0. The number of nitrogens with zero attached hydrogens (tertiary/aromatic N) is 1. The molecule has 0 atom stereocenters. The van der Waals surface area contributed by atoms with Crippen molar-refractivity contribution in [1.82, 2.24) is 9.62 Å². The van der Waals surface area contributed by atoms with Crippen LogP contribution in [0, 0.1) is 0 Å². The Morgan fingerprint density at radius 2 is 2.12 bits per heavy atom. The summed E-state index contributed by atoms with van der Waals surface area (Å²) in [7, 11) is 0.236. The number of hydrogen-bond acceptors (Lipinski definition) is 4. The van der Waals surface area contributed by atoms with Crippen LogP contribution in [0.5, 0.6) is 0 Å². The minimum atomic E-state index is -3.18. The van der Waals surface area contributed by atoms with Gasteiger partial charge in [-0.1, -0.05) is 6.08 Å². The Bertz CT molecular complexity index is 291. The van der Waals surface area contributed by atoms with E-state index in [1.54, 1.807) is 13.2 Å². The maximum Gasteiger partial charge on any atom is 0.214 e. The van der Waals surface area contributed by atoms with Crippen LogP contribution in [0.2, 0.25) is 0 Å². The fraction of sp³-hybridized carbons (Fsp3) is 0.818. The maximum atomic E-state index is 12.0. The second-order valence-electron chi connectivity index (χ2n) is 3.77. The highest BCUT2D eigenvalue weighted by molar-refractivity contribution is 7.89. The smallest absolute Gasteiger partial charge is 0.214 e. The molecule has 0 saturated carbocycles. The first-order valence-corrected chi connectivity index (χ1v) is 7.41. The van der Waals surface area contributed by atoms with Crippen LogP contribution in [-0.2, 0) is 14.8 Å². The summed E-state index contributed by atoms with van der Waals surface area (Å²) in [4.78, 5) is 0. The average molecular weight is 264 g/mol. The molecular weight excluding hydrogens is 240 g/mol. The Kier molecular flexibility index (Phi) is 9.34. The van der Waals surface area contributed by atoms with Crippen LogP contribution in [0.15, 0.2) is 12.7 Å². The van der Waals surface area contributed by atoms with Gasteiger partial charge in [0.1, 0.15) is 0 Å². The van der Waals surface area contributed by atoms with Crippen LogP contribution in [0.25, 0.3) is 0 Å². The van der Waals surface area contributed by atoms with E-state index in [0.717, 1.165) is 13.0 Å². The molecule has 0 bridgehead atoms. The van der Waals surface area contributed by atoms with E-state index in [-0.39, 0.29) is 5.75 Å². The molecule has 0 aliphatic carbocycles. The molecule has 0 spiro atoms. The molecule has 0 saturated heterocycles. The van der Waals surface area contributed by atoms with Gasteiger partial charge in [-0.3, -0.25) is 0 Å². The molecule has 1 N–H and O–H groups in total. The molecular formula is C11H24N2O3S. The van der Waals surface area contributed by atoms with Gasteiger partial charge >= 0.3 is 0 Å². The fourth-order valence-corrected chi connectivity index (χ4v) is 2.91. The molecule has 0 heterocycles. The summed E-state index contributed by atoms with van der Waals surface area (Å²) in [5, 5.41) is 3.00. The molecule has 0 aromatic heterocycles. The first-order valence-electron chi connectivity index (χ1n) is 5.80. The highest BCUT2D eigenvalue weighted by Crippen LogP contribution is 2.05. The average Bonchev–Trinajstić information content (AvgIpc) is 2.30. The quantitative estimate of drug-likeness (QED) is 0.435. The molecule has 0 amide bonds. The van der Waals surface area contributed by atoms with Crippen molar-refractivity contribution in [2.75, 3.05) is 46.2 Å². The molecule has 0 aliphatic rings. The second kappa shape index (κ2) is 9.58. The zero-order chi connectivity index (χ0) is 13.1. The van der Waals surface area contributed by atoms with E-state index >= 15 is 0 Å². The van der Waals surface area contributed by atoms with Crippen LogP contribution < -0.4 is 5.32 Å². The fourth-order valence-electron chi connectivity index (χ4n) is 1.40. The van der Waals surface area contributed by atoms with Crippen molar-refractivity contribution in [2.24, 2.45) is 0 Å². The monoisotopic (exact) mass is 264 g/mol. The van der Waals surface area contributed by atoms with Gasteiger partial charge in [0, 0.05) is 20.2 Å². The summed E-state index contributed by atoms with van der Waals surface area (Å²) >= 11 is 0. The van der Waals surface area contributed by atoms with Gasteiger partial charge in [-0.05, 0) is 26.4 Å². The van der Waals surface area contributed by atoms with Gasteiger partial charge in [0.25, 0.3) is 0 Å². The molecule has 0 fully saturated rings.